The molecule has 0 amide bonds. The molecule has 110 valence electrons. The molecule has 1 aromatic carbocycles. The molecular weight excluding hydrogens is 254 g/mol. The summed E-state index contributed by atoms with van der Waals surface area (Å²) in [6, 6.07) is 4.00. The molecule has 2 N–H and O–H groups in total. The fourth-order valence-corrected chi connectivity index (χ4v) is 3.56. The van der Waals surface area contributed by atoms with Gasteiger partial charge in [0.25, 0.3) is 0 Å². The topological polar surface area (TPSA) is 52.9 Å². The second kappa shape index (κ2) is 4.93. The molecule has 3 rings (SSSR count). The fraction of sp³-hybridized carbons (Fsp3) is 0.625. The number of rotatable bonds is 1. The van der Waals surface area contributed by atoms with Crippen molar-refractivity contribution in [2.75, 3.05) is 19.7 Å². The molecular formula is C16H23NO3. The first-order valence-corrected chi connectivity index (χ1v) is 7.46. The lowest BCUT2D eigenvalue weighted by atomic mass is 9.77. The molecule has 1 aliphatic heterocycles. The number of phenolic OH excluding ortho intramolecular Hbond substituents is 2. The largest absolute Gasteiger partial charge is 0.504 e. The van der Waals surface area contributed by atoms with E-state index in [0.717, 1.165) is 50.1 Å². The summed E-state index contributed by atoms with van der Waals surface area (Å²) < 4.78 is 6.17. The van der Waals surface area contributed by atoms with Crippen LogP contribution < -0.4 is 0 Å². The SMILES string of the molecule is CC(C)N1CCOC2(CCCc3c2ccc(O)c3O)C1. The van der Waals surface area contributed by atoms with Crippen molar-refractivity contribution >= 4 is 0 Å². The van der Waals surface area contributed by atoms with Gasteiger partial charge >= 0.3 is 0 Å². The number of nitrogens with zero attached hydrogens (tertiary/aromatic N) is 1. The molecule has 1 saturated heterocycles. The van der Waals surface area contributed by atoms with Crippen molar-refractivity contribution in [2.24, 2.45) is 0 Å². The number of aromatic hydroxyl groups is 2. The number of hydrogen-bond donors (Lipinski definition) is 2. The number of fused-ring (bicyclic) bond motifs is 2. The van der Waals surface area contributed by atoms with Gasteiger partial charge in [0.15, 0.2) is 11.5 Å². The van der Waals surface area contributed by atoms with Gasteiger partial charge in [-0.2, -0.15) is 0 Å². The lowest BCUT2D eigenvalue weighted by molar-refractivity contribution is -0.130. The summed E-state index contributed by atoms with van der Waals surface area (Å²) >= 11 is 0. The smallest absolute Gasteiger partial charge is 0.161 e. The highest BCUT2D eigenvalue weighted by atomic mass is 16.5. The Balaban J connectivity index is 2.02. The Labute approximate surface area is 120 Å². The number of benzene rings is 1. The summed E-state index contributed by atoms with van der Waals surface area (Å²) in [7, 11) is 0. The van der Waals surface area contributed by atoms with Gasteiger partial charge in [-0.15, -0.1) is 0 Å². The maximum absolute atomic E-state index is 10.1. The predicted molar refractivity (Wildman–Crippen MR) is 77.0 cm³/mol. The Morgan fingerprint density at radius 1 is 1.30 bits per heavy atom. The van der Waals surface area contributed by atoms with Crippen LogP contribution in [0.4, 0.5) is 0 Å². The molecule has 1 heterocycles. The van der Waals surface area contributed by atoms with Crippen LogP contribution in [0.25, 0.3) is 0 Å². The highest BCUT2D eigenvalue weighted by Gasteiger charge is 2.43. The van der Waals surface area contributed by atoms with E-state index in [4.69, 9.17) is 4.74 Å². The van der Waals surface area contributed by atoms with Crippen LogP contribution in [0.2, 0.25) is 0 Å². The lowest BCUT2D eigenvalue weighted by Gasteiger charge is -2.47. The molecule has 20 heavy (non-hydrogen) atoms. The third-order valence-corrected chi connectivity index (χ3v) is 4.71. The van der Waals surface area contributed by atoms with Crippen molar-refractivity contribution in [3.8, 4) is 11.5 Å². The summed E-state index contributed by atoms with van der Waals surface area (Å²) in [5.41, 5.74) is 1.60. The van der Waals surface area contributed by atoms with Crippen LogP contribution in [0, 0.1) is 0 Å². The van der Waals surface area contributed by atoms with Gasteiger partial charge in [0.2, 0.25) is 0 Å². The second-order valence-electron chi connectivity index (χ2n) is 6.22. The third kappa shape index (κ3) is 2.07. The Kier molecular flexibility index (Phi) is 3.38. The average Bonchev–Trinajstić information content (AvgIpc) is 2.44. The monoisotopic (exact) mass is 277 g/mol. The van der Waals surface area contributed by atoms with E-state index in [1.165, 1.54) is 0 Å². The minimum atomic E-state index is -0.318. The summed E-state index contributed by atoms with van der Waals surface area (Å²) in [6.07, 6.45) is 2.77. The highest BCUT2D eigenvalue weighted by molar-refractivity contribution is 5.52. The van der Waals surface area contributed by atoms with Gasteiger partial charge in [-0.25, -0.2) is 0 Å². The lowest BCUT2D eigenvalue weighted by Crippen LogP contribution is -2.53. The van der Waals surface area contributed by atoms with Crippen LogP contribution >= 0.6 is 0 Å². The summed E-state index contributed by atoms with van der Waals surface area (Å²) in [5.74, 6) is 0.00386. The van der Waals surface area contributed by atoms with Crippen molar-refractivity contribution in [2.45, 2.75) is 44.8 Å². The molecule has 4 heteroatoms. The zero-order valence-electron chi connectivity index (χ0n) is 12.2. The molecule has 1 atom stereocenters. The number of morpholine rings is 1. The quantitative estimate of drug-likeness (QED) is 0.774. The molecule has 0 saturated carbocycles. The average molecular weight is 277 g/mol. The Bertz CT molecular complexity index is 515. The van der Waals surface area contributed by atoms with Crippen molar-refractivity contribution in [3.05, 3.63) is 23.3 Å². The predicted octanol–water partition coefficient (Wildman–Crippen LogP) is 2.37. The summed E-state index contributed by atoms with van der Waals surface area (Å²) in [6.45, 7) is 6.95. The van der Waals surface area contributed by atoms with Crippen LogP contribution in [0.5, 0.6) is 11.5 Å². The van der Waals surface area contributed by atoms with Crippen LogP contribution in [0.15, 0.2) is 12.1 Å². The van der Waals surface area contributed by atoms with Crippen LogP contribution in [-0.2, 0) is 16.8 Å². The van der Waals surface area contributed by atoms with E-state index in [2.05, 4.69) is 18.7 Å². The third-order valence-electron chi connectivity index (χ3n) is 4.71. The molecule has 1 spiro atoms. The standard InChI is InChI=1S/C16H23NO3/c1-11(2)17-8-9-20-16(10-17)7-3-4-12-13(16)5-6-14(18)15(12)19/h5-6,11,18-19H,3-4,7-10H2,1-2H3. The van der Waals surface area contributed by atoms with E-state index < -0.39 is 0 Å². The van der Waals surface area contributed by atoms with Crippen molar-refractivity contribution in [1.82, 2.24) is 4.90 Å². The first-order valence-electron chi connectivity index (χ1n) is 7.46. The minimum absolute atomic E-state index is 0.0303. The van der Waals surface area contributed by atoms with E-state index >= 15 is 0 Å². The maximum Gasteiger partial charge on any atom is 0.161 e. The molecule has 0 aromatic heterocycles. The van der Waals surface area contributed by atoms with E-state index in [1.54, 1.807) is 6.07 Å². The fourth-order valence-electron chi connectivity index (χ4n) is 3.56. The molecule has 4 nitrogen and oxygen atoms in total. The van der Waals surface area contributed by atoms with Gasteiger partial charge in [-0.1, -0.05) is 6.07 Å². The Hall–Kier alpha value is -1.26. The second-order valence-corrected chi connectivity index (χ2v) is 6.22. The van der Waals surface area contributed by atoms with E-state index in [-0.39, 0.29) is 17.1 Å². The molecule has 1 fully saturated rings. The number of ether oxygens (including phenoxy) is 1. The van der Waals surface area contributed by atoms with Crippen molar-refractivity contribution < 1.29 is 14.9 Å². The van der Waals surface area contributed by atoms with Gasteiger partial charge in [0, 0.05) is 24.7 Å². The van der Waals surface area contributed by atoms with E-state index in [9.17, 15) is 10.2 Å². The van der Waals surface area contributed by atoms with Gasteiger partial charge in [0.05, 0.1) is 6.61 Å². The summed E-state index contributed by atoms with van der Waals surface area (Å²) in [5, 5.41) is 19.8. The first-order chi connectivity index (χ1) is 9.53. The van der Waals surface area contributed by atoms with Crippen molar-refractivity contribution in [1.29, 1.82) is 0 Å². The molecule has 1 aliphatic carbocycles. The zero-order valence-corrected chi connectivity index (χ0v) is 12.2. The minimum Gasteiger partial charge on any atom is -0.504 e. The molecule has 2 aliphatic rings. The molecule has 1 aromatic rings. The van der Waals surface area contributed by atoms with Gasteiger partial charge in [-0.3, -0.25) is 4.90 Å². The molecule has 0 radical (unpaired) electrons. The highest BCUT2D eigenvalue weighted by Crippen LogP contribution is 2.46. The first kappa shape index (κ1) is 13.7. The number of phenols is 2. The van der Waals surface area contributed by atoms with Crippen LogP contribution in [0.1, 0.15) is 37.8 Å². The van der Waals surface area contributed by atoms with Crippen molar-refractivity contribution in [3.63, 3.8) is 0 Å². The van der Waals surface area contributed by atoms with Gasteiger partial charge in [0.1, 0.15) is 5.60 Å². The Morgan fingerprint density at radius 2 is 2.10 bits per heavy atom. The van der Waals surface area contributed by atoms with E-state index in [0.29, 0.717) is 6.04 Å². The normalized spacial score (nSPS) is 26.9. The molecule has 0 bridgehead atoms. The number of hydrogen-bond acceptors (Lipinski definition) is 4. The Morgan fingerprint density at radius 3 is 2.85 bits per heavy atom. The molecule has 1 unspecified atom stereocenters. The van der Waals surface area contributed by atoms with Crippen LogP contribution in [0.3, 0.4) is 0 Å². The van der Waals surface area contributed by atoms with Gasteiger partial charge < -0.3 is 14.9 Å². The van der Waals surface area contributed by atoms with Crippen LogP contribution in [-0.4, -0.2) is 40.9 Å². The van der Waals surface area contributed by atoms with Gasteiger partial charge in [-0.05, 0) is 44.7 Å². The summed E-state index contributed by atoms with van der Waals surface area (Å²) in [4.78, 5) is 2.43. The van der Waals surface area contributed by atoms with E-state index in [1.807, 2.05) is 6.07 Å². The maximum atomic E-state index is 10.1. The zero-order chi connectivity index (χ0) is 14.3.